The number of hydrogen-bond acceptors (Lipinski definition) is 4. The Morgan fingerprint density at radius 2 is 1.86 bits per heavy atom. The van der Waals surface area contributed by atoms with Gasteiger partial charge in [0.25, 0.3) is 0 Å². The molecule has 2 aromatic carbocycles. The highest BCUT2D eigenvalue weighted by atomic mass is 16.5. The number of nitrogens with zero attached hydrogens (tertiary/aromatic N) is 1. The van der Waals surface area contributed by atoms with Crippen molar-refractivity contribution in [3.8, 4) is 0 Å². The maximum Gasteiger partial charge on any atom is 0.244 e. The molecule has 0 aromatic heterocycles. The summed E-state index contributed by atoms with van der Waals surface area (Å²) in [5.41, 5.74) is 4.47. The van der Waals surface area contributed by atoms with Crippen LogP contribution in [-0.4, -0.2) is 49.1 Å². The van der Waals surface area contributed by atoms with Crippen LogP contribution in [0.2, 0.25) is 0 Å². The number of fused-ring (bicyclic) bond motifs is 3. The second-order valence-electron chi connectivity index (χ2n) is 10.5. The minimum Gasteiger partial charge on any atom is -0.383 e. The Morgan fingerprint density at radius 3 is 2.67 bits per heavy atom. The Balaban J connectivity index is 1.32. The highest BCUT2D eigenvalue weighted by molar-refractivity contribution is 5.92. The fourth-order valence-corrected chi connectivity index (χ4v) is 6.31. The normalized spacial score (nSPS) is 27.3. The zero-order valence-corrected chi connectivity index (χ0v) is 21.3. The van der Waals surface area contributed by atoms with Crippen LogP contribution in [0.4, 0.5) is 5.69 Å². The van der Waals surface area contributed by atoms with Gasteiger partial charge in [-0.05, 0) is 49.5 Å². The van der Waals surface area contributed by atoms with Crippen LogP contribution in [0.15, 0.2) is 54.6 Å². The lowest BCUT2D eigenvalue weighted by atomic mass is 9.81. The summed E-state index contributed by atoms with van der Waals surface area (Å²) in [4.78, 5) is 28.9. The molecule has 2 aromatic rings. The van der Waals surface area contributed by atoms with Crippen LogP contribution in [0.3, 0.4) is 0 Å². The number of rotatable bonds is 6. The summed E-state index contributed by atoms with van der Waals surface area (Å²) >= 11 is 0. The molecule has 5 rings (SSSR count). The minimum absolute atomic E-state index is 0.0508. The Bertz CT molecular complexity index is 1110. The number of aryl methyl sites for hydroxylation is 1. The molecule has 6 heteroatoms. The molecule has 36 heavy (non-hydrogen) atoms. The average Bonchev–Trinajstić information content (AvgIpc) is 3.34. The van der Waals surface area contributed by atoms with Gasteiger partial charge in [0.2, 0.25) is 11.8 Å². The van der Waals surface area contributed by atoms with Gasteiger partial charge in [-0.2, -0.15) is 0 Å². The fourth-order valence-electron chi connectivity index (χ4n) is 6.31. The van der Waals surface area contributed by atoms with Crippen LogP contribution in [0.1, 0.15) is 54.8 Å². The number of carbonyl (C=O) groups excluding carboxylic acids is 2. The lowest BCUT2D eigenvalue weighted by Crippen LogP contribution is -2.50. The molecule has 0 bridgehead atoms. The quantitative estimate of drug-likeness (QED) is 0.579. The van der Waals surface area contributed by atoms with E-state index in [0.29, 0.717) is 12.5 Å². The molecule has 0 radical (unpaired) electrons. The lowest BCUT2D eigenvalue weighted by Gasteiger charge is -2.41. The molecule has 6 nitrogen and oxygen atoms in total. The number of methoxy groups -OCH3 is 1. The third-order valence-corrected chi connectivity index (χ3v) is 8.13. The van der Waals surface area contributed by atoms with Crippen LogP contribution in [0, 0.1) is 18.8 Å². The standard InChI is InChI=1S/C30H37N3O3/c1-20-11-13-21(14-12-20)15-16-28(34)32-26-10-6-4-8-24(26)30(35)33-18-17-23-27(19-36-2)31-25-9-5-3-7-22(25)29(23)33/h3,5,7,9,11-16,23-24,26-27,29,31H,4,6,8,10,17-19H2,1-2H3,(H,32,34)/b16-15+/t23-,24+,26-,27+,29+/m1/s1. The molecule has 190 valence electrons. The molecule has 1 saturated carbocycles. The summed E-state index contributed by atoms with van der Waals surface area (Å²) in [6, 6.07) is 16.5. The molecule has 0 unspecified atom stereocenters. The summed E-state index contributed by atoms with van der Waals surface area (Å²) in [7, 11) is 1.73. The Kier molecular flexibility index (Phi) is 7.42. The van der Waals surface area contributed by atoms with E-state index < -0.39 is 0 Å². The molecule has 2 aliphatic heterocycles. The largest absolute Gasteiger partial charge is 0.383 e. The van der Waals surface area contributed by atoms with Crippen molar-refractivity contribution in [1.29, 1.82) is 0 Å². The number of likely N-dealkylation sites (tertiary alicyclic amines) is 1. The molecular weight excluding hydrogens is 450 g/mol. The van der Waals surface area contributed by atoms with Crippen LogP contribution >= 0.6 is 0 Å². The molecule has 3 aliphatic rings. The summed E-state index contributed by atoms with van der Waals surface area (Å²) in [6.45, 7) is 3.41. The molecule has 0 spiro atoms. The number of nitrogens with one attached hydrogen (secondary N) is 2. The molecule has 1 aliphatic carbocycles. The Labute approximate surface area is 214 Å². The van der Waals surface area contributed by atoms with Crippen LogP contribution in [0.25, 0.3) is 6.08 Å². The van der Waals surface area contributed by atoms with Crippen molar-refractivity contribution in [3.63, 3.8) is 0 Å². The molecule has 2 heterocycles. The van der Waals surface area contributed by atoms with Gasteiger partial charge in [0, 0.05) is 37.4 Å². The molecular formula is C30H37N3O3. The smallest absolute Gasteiger partial charge is 0.244 e. The SMILES string of the molecule is COC[C@@H]1Nc2ccccc2[C@H]2[C@@H]1CCN2C(=O)[C@H]1CCCC[C@H]1NC(=O)/C=C/c1ccc(C)cc1. The molecule has 1 saturated heterocycles. The van der Waals surface area contributed by atoms with E-state index in [4.69, 9.17) is 4.74 Å². The van der Waals surface area contributed by atoms with Crippen LogP contribution < -0.4 is 10.6 Å². The number of amides is 2. The number of para-hydroxylation sites is 1. The van der Waals surface area contributed by atoms with E-state index in [1.54, 1.807) is 13.2 Å². The monoisotopic (exact) mass is 487 g/mol. The number of hydrogen-bond donors (Lipinski definition) is 2. The Hall–Kier alpha value is -3.12. The van der Waals surface area contributed by atoms with Crippen molar-refractivity contribution in [1.82, 2.24) is 10.2 Å². The zero-order valence-electron chi connectivity index (χ0n) is 21.3. The minimum atomic E-state index is -0.183. The van der Waals surface area contributed by atoms with Crippen LogP contribution in [0.5, 0.6) is 0 Å². The van der Waals surface area contributed by atoms with Gasteiger partial charge in [-0.3, -0.25) is 9.59 Å². The first kappa shape index (κ1) is 24.6. The van der Waals surface area contributed by atoms with E-state index in [1.165, 1.54) is 11.1 Å². The van der Waals surface area contributed by atoms with Gasteiger partial charge in [-0.25, -0.2) is 0 Å². The predicted octanol–water partition coefficient (Wildman–Crippen LogP) is 4.71. The second kappa shape index (κ2) is 10.9. The van der Waals surface area contributed by atoms with E-state index >= 15 is 0 Å². The topological polar surface area (TPSA) is 70.7 Å². The van der Waals surface area contributed by atoms with Crippen molar-refractivity contribution in [2.45, 2.75) is 57.2 Å². The van der Waals surface area contributed by atoms with Crippen molar-refractivity contribution in [3.05, 3.63) is 71.3 Å². The summed E-state index contributed by atoms with van der Waals surface area (Å²) in [6.07, 6.45) is 8.09. The van der Waals surface area contributed by atoms with Crippen molar-refractivity contribution < 1.29 is 14.3 Å². The van der Waals surface area contributed by atoms with Crippen molar-refractivity contribution in [2.75, 3.05) is 25.6 Å². The molecule has 5 atom stereocenters. The first-order chi connectivity index (χ1) is 17.5. The average molecular weight is 488 g/mol. The van der Waals surface area contributed by atoms with Crippen LogP contribution in [-0.2, 0) is 14.3 Å². The first-order valence-electron chi connectivity index (χ1n) is 13.3. The van der Waals surface area contributed by atoms with Gasteiger partial charge in [0.05, 0.1) is 24.6 Å². The Morgan fingerprint density at radius 1 is 1.08 bits per heavy atom. The first-order valence-corrected chi connectivity index (χ1v) is 13.3. The maximum absolute atomic E-state index is 14.0. The lowest BCUT2D eigenvalue weighted by molar-refractivity contribution is -0.139. The summed E-state index contributed by atoms with van der Waals surface area (Å²) in [5.74, 6) is 0.185. The molecule has 2 fully saturated rings. The maximum atomic E-state index is 14.0. The van der Waals surface area contributed by atoms with E-state index in [0.717, 1.165) is 49.9 Å². The fraction of sp³-hybridized carbons (Fsp3) is 0.467. The predicted molar refractivity (Wildman–Crippen MR) is 142 cm³/mol. The number of carbonyl (C=O) groups is 2. The highest BCUT2D eigenvalue weighted by Gasteiger charge is 2.48. The van der Waals surface area contributed by atoms with Gasteiger partial charge in [0.15, 0.2) is 0 Å². The summed E-state index contributed by atoms with van der Waals surface area (Å²) in [5, 5.41) is 6.82. The number of benzene rings is 2. The third-order valence-electron chi connectivity index (χ3n) is 8.13. The summed E-state index contributed by atoms with van der Waals surface area (Å²) < 4.78 is 5.52. The zero-order chi connectivity index (χ0) is 25.1. The molecule has 2 amide bonds. The third kappa shape index (κ3) is 5.05. The van der Waals surface area contributed by atoms with Gasteiger partial charge >= 0.3 is 0 Å². The number of anilines is 1. The second-order valence-corrected chi connectivity index (χ2v) is 10.5. The number of ether oxygens (including phenoxy) is 1. The highest BCUT2D eigenvalue weighted by Crippen LogP contribution is 2.47. The van der Waals surface area contributed by atoms with Gasteiger partial charge in [-0.1, -0.05) is 60.9 Å². The van der Waals surface area contributed by atoms with Crippen molar-refractivity contribution >= 4 is 23.6 Å². The van der Waals surface area contributed by atoms with Gasteiger partial charge in [0.1, 0.15) is 0 Å². The van der Waals surface area contributed by atoms with E-state index in [1.807, 2.05) is 43.3 Å². The van der Waals surface area contributed by atoms with E-state index in [2.05, 4.69) is 33.7 Å². The van der Waals surface area contributed by atoms with Crippen molar-refractivity contribution in [2.24, 2.45) is 11.8 Å². The van der Waals surface area contributed by atoms with E-state index in [9.17, 15) is 9.59 Å². The van der Waals surface area contributed by atoms with Gasteiger partial charge < -0.3 is 20.3 Å². The van der Waals surface area contributed by atoms with Gasteiger partial charge in [-0.15, -0.1) is 0 Å². The molecule has 2 N–H and O–H groups in total. The van der Waals surface area contributed by atoms with E-state index in [-0.39, 0.29) is 35.9 Å².